The molecule has 1 aliphatic carbocycles. The summed E-state index contributed by atoms with van der Waals surface area (Å²) in [6.45, 7) is 1.41. The summed E-state index contributed by atoms with van der Waals surface area (Å²) in [5.41, 5.74) is 4.68. The highest BCUT2D eigenvalue weighted by atomic mass is 16.1. The van der Waals surface area contributed by atoms with Crippen molar-refractivity contribution in [2.45, 2.75) is 18.9 Å². The Morgan fingerprint density at radius 2 is 1.79 bits per heavy atom. The maximum absolute atomic E-state index is 12.5. The molecule has 120 valence electrons. The molecule has 3 nitrogen and oxygen atoms in total. The van der Waals surface area contributed by atoms with Gasteiger partial charge in [0.2, 0.25) is 0 Å². The third kappa shape index (κ3) is 2.85. The number of aromatic nitrogens is 1. The van der Waals surface area contributed by atoms with E-state index in [2.05, 4.69) is 41.7 Å². The lowest BCUT2D eigenvalue weighted by molar-refractivity contribution is 0.0941. The highest BCUT2D eigenvalue weighted by Crippen LogP contribution is 2.34. The molecule has 1 aliphatic rings. The maximum Gasteiger partial charge on any atom is 0.267 e. The SMILES string of the molecule is O=C(NCC1Cc2ccccc21)c1cccn1Cc1ccccc1. The van der Waals surface area contributed by atoms with Gasteiger partial charge in [0, 0.05) is 25.2 Å². The highest BCUT2D eigenvalue weighted by Gasteiger charge is 2.25. The van der Waals surface area contributed by atoms with Crippen LogP contribution >= 0.6 is 0 Å². The lowest BCUT2D eigenvalue weighted by Gasteiger charge is -2.30. The first-order chi connectivity index (χ1) is 11.8. The number of hydrogen-bond donors (Lipinski definition) is 1. The van der Waals surface area contributed by atoms with E-state index in [1.165, 1.54) is 16.7 Å². The van der Waals surface area contributed by atoms with Crippen LogP contribution in [0.25, 0.3) is 0 Å². The number of carbonyl (C=O) groups excluding carboxylic acids is 1. The zero-order chi connectivity index (χ0) is 16.4. The first-order valence-corrected chi connectivity index (χ1v) is 8.36. The third-order valence-corrected chi connectivity index (χ3v) is 4.73. The van der Waals surface area contributed by atoms with Gasteiger partial charge < -0.3 is 9.88 Å². The summed E-state index contributed by atoms with van der Waals surface area (Å²) in [7, 11) is 0. The van der Waals surface area contributed by atoms with Crippen LogP contribution in [0.4, 0.5) is 0 Å². The number of carbonyl (C=O) groups is 1. The minimum absolute atomic E-state index is 0.000289. The molecule has 1 amide bonds. The fourth-order valence-corrected chi connectivity index (χ4v) is 3.39. The first kappa shape index (κ1) is 14.8. The molecule has 1 atom stereocenters. The van der Waals surface area contributed by atoms with Gasteiger partial charge in [-0.25, -0.2) is 0 Å². The number of rotatable bonds is 5. The summed E-state index contributed by atoms with van der Waals surface area (Å²) in [5, 5.41) is 3.09. The predicted molar refractivity (Wildman–Crippen MR) is 95.2 cm³/mol. The van der Waals surface area contributed by atoms with Crippen molar-refractivity contribution in [2.75, 3.05) is 6.54 Å². The second-order valence-corrected chi connectivity index (χ2v) is 6.32. The molecule has 4 rings (SSSR count). The zero-order valence-corrected chi connectivity index (χ0v) is 13.5. The van der Waals surface area contributed by atoms with Crippen LogP contribution in [0.1, 0.15) is 33.1 Å². The van der Waals surface area contributed by atoms with E-state index >= 15 is 0 Å². The maximum atomic E-state index is 12.5. The lowest BCUT2D eigenvalue weighted by Crippen LogP contribution is -2.34. The Balaban J connectivity index is 1.40. The van der Waals surface area contributed by atoms with Gasteiger partial charge in [0.25, 0.3) is 5.91 Å². The normalized spacial score (nSPS) is 15.4. The summed E-state index contributed by atoms with van der Waals surface area (Å²) in [6.07, 6.45) is 3.02. The monoisotopic (exact) mass is 316 g/mol. The van der Waals surface area contributed by atoms with E-state index in [1.807, 2.05) is 41.1 Å². The highest BCUT2D eigenvalue weighted by molar-refractivity contribution is 5.92. The average molecular weight is 316 g/mol. The molecule has 0 saturated carbocycles. The van der Waals surface area contributed by atoms with E-state index in [0.717, 1.165) is 6.42 Å². The van der Waals surface area contributed by atoms with Gasteiger partial charge >= 0.3 is 0 Å². The summed E-state index contributed by atoms with van der Waals surface area (Å²) in [6, 6.07) is 22.5. The molecule has 1 unspecified atom stereocenters. The van der Waals surface area contributed by atoms with Gasteiger partial charge in [0.05, 0.1) is 0 Å². The van der Waals surface area contributed by atoms with Gasteiger partial charge in [-0.2, -0.15) is 0 Å². The van der Waals surface area contributed by atoms with Gasteiger partial charge in [-0.1, -0.05) is 54.6 Å². The van der Waals surface area contributed by atoms with E-state index in [1.54, 1.807) is 0 Å². The van der Waals surface area contributed by atoms with E-state index < -0.39 is 0 Å². The summed E-state index contributed by atoms with van der Waals surface area (Å²) in [4.78, 5) is 12.5. The van der Waals surface area contributed by atoms with Crippen molar-refractivity contribution >= 4 is 5.91 Å². The second kappa shape index (κ2) is 6.36. The first-order valence-electron chi connectivity index (χ1n) is 8.36. The number of fused-ring (bicyclic) bond motifs is 1. The van der Waals surface area contributed by atoms with E-state index in [4.69, 9.17) is 0 Å². The van der Waals surface area contributed by atoms with Crippen molar-refractivity contribution in [3.05, 3.63) is 95.3 Å². The van der Waals surface area contributed by atoms with Crippen molar-refractivity contribution in [3.63, 3.8) is 0 Å². The Morgan fingerprint density at radius 1 is 1.00 bits per heavy atom. The molecule has 0 bridgehead atoms. The second-order valence-electron chi connectivity index (χ2n) is 6.32. The van der Waals surface area contributed by atoms with Gasteiger partial charge in [-0.15, -0.1) is 0 Å². The Bertz CT molecular complexity index is 851. The Hall–Kier alpha value is -2.81. The molecule has 0 radical (unpaired) electrons. The van der Waals surface area contributed by atoms with Crippen LogP contribution in [0.2, 0.25) is 0 Å². The van der Waals surface area contributed by atoms with Crippen LogP contribution in [0.3, 0.4) is 0 Å². The minimum atomic E-state index is 0.000289. The molecule has 0 saturated heterocycles. The molecular weight excluding hydrogens is 296 g/mol. The van der Waals surface area contributed by atoms with Crippen LogP contribution in [0.5, 0.6) is 0 Å². The van der Waals surface area contributed by atoms with Crippen LogP contribution in [0, 0.1) is 0 Å². The molecule has 2 aromatic carbocycles. The molecule has 1 aromatic heterocycles. The van der Waals surface area contributed by atoms with E-state index in [-0.39, 0.29) is 5.91 Å². The standard InChI is InChI=1S/C21H20N2O/c24-21(22-14-18-13-17-9-4-5-10-19(17)18)20-11-6-12-23(20)15-16-7-2-1-3-8-16/h1-12,18H,13-15H2,(H,22,24). The van der Waals surface area contributed by atoms with Gasteiger partial charge in [-0.3, -0.25) is 4.79 Å². The van der Waals surface area contributed by atoms with Crippen LogP contribution in [0.15, 0.2) is 72.9 Å². The third-order valence-electron chi connectivity index (χ3n) is 4.73. The van der Waals surface area contributed by atoms with Crippen LogP contribution in [-0.4, -0.2) is 17.0 Å². The molecule has 0 aliphatic heterocycles. The molecule has 3 heteroatoms. The van der Waals surface area contributed by atoms with Crippen molar-refractivity contribution in [3.8, 4) is 0 Å². The number of amides is 1. The van der Waals surface area contributed by atoms with Crippen molar-refractivity contribution in [1.29, 1.82) is 0 Å². The summed E-state index contributed by atoms with van der Waals surface area (Å²) >= 11 is 0. The fourth-order valence-electron chi connectivity index (χ4n) is 3.39. The number of nitrogens with one attached hydrogen (secondary N) is 1. The van der Waals surface area contributed by atoms with E-state index in [9.17, 15) is 4.79 Å². The van der Waals surface area contributed by atoms with Crippen molar-refractivity contribution in [1.82, 2.24) is 9.88 Å². The smallest absolute Gasteiger partial charge is 0.267 e. The van der Waals surface area contributed by atoms with Crippen LogP contribution in [-0.2, 0) is 13.0 Å². The van der Waals surface area contributed by atoms with Crippen molar-refractivity contribution < 1.29 is 4.79 Å². The molecule has 1 heterocycles. The topological polar surface area (TPSA) is 34.0 Å². The Kier molecular flexibility index (Phi) is 3.91. The number of nitrogens with zero attached hydrogens (tertiary/aromatic N) is 1. The van der Waals surface area contributed by atoms with Crippen molar-refractivity contribution in [2.24, 2.45) is 0 Å². The number of hydrogen-bond acceptors (Lipinski definition) is 1. The van der Waals surface area contributed by atoms with Gasteiger partial charge in [0.1, 0.15) is 5.69 Å². The molecule has 24 heavy (non-hydrogen) atoms. The van der Waals surface area contributed by atoms with E-state index in [0.29, 0.717) is 24.7 Å². The summed E-state index contributed by atoms with van der Waals surface area (Å²) < 4.78 is 2.00. The predicted octanol–water partition coefficient (Wildman–Crippen LogP) is 3.61. The van der Waals surface area contributed by atoms with Gasteiger partial charge in [-0.05, 0) is 35.2 Å². The fraction of sp³-hybridized carbons (Fsp3) is 0.190. The van der Waals surface area contributed by atoms with Crippen LogP contribution < -0.4 is 5.32 Å². The number of benzene rings is 2. The average Bonchev–Trinajstić information content (AvgIpc) is 3.05. The van der Waals surface area contributed by atoms with Gasteiger partial charge in [0.15, 0.2) is 0 Å². The largest absolute Gasteiger partial charge is 0.350 e. The molecule has 0 fully saturated rings. The minimum Gasteiger partial charge on any atom is -0.350 e. The Labute approximate surface area is 141 Å². The molecule has 3 aromatic rings. The quantitative estimate of drug-likeness (QED) is 0.766. The zero-order valence-electron chi connectivity index (χ0n) is 13.5. The molecule has 0 spiro atoms. The summed E-state index contributed by atoms with van der Waals surface area (Å²) in [5.74, 6) is 0.447. The Morgan fingerprint density at radius 3 is 2.62 bits per heavy atom. The lowest BCUT2D eigenvalue weighted by atomic mass is 9.77. The molecular formula is C21H20N2O. The molecule has 1 N–H and O–H groups in total.